The van der Waals surface area contributed by atoms with Crippen LogP contribution in [0.2, 0.25) is 0 Å². The summed E-state index contributed by atoms with van der Waals surface area (Å²) < 4.78 is 5.24. The number of carboxylic acids is 2. The highest BCUT2D eigenvalue weighted by Crippen LogP contribution is 1.94. The van der Waals surface area contributed by atoms with Crippen LogP contribution in [0.15, 0.2) is 0 Å². The van der Waals surface area contributed by atoms with Crippen LogP contribution in [0.1, 0.15) is 6.42 Å². The zero-order chi connectivity index (χ0) is 11.7. The van der Waals surface area contributed by atoms with Crippen molar-refractivity contribution in [1.82, 2.24) is 5.32 Å². The molecule has 0 saturated carbocycles. The molecule has 7 heteroatoms. The van der Waals surface area contributed by atoms with E-state index in [1.165, 1.54) is 0 Å². The van der Waals surface area contributed by atoms with Gasteiger partial charge in [0.25, 0.3) is 0 Å². The predicted octanol–water partition coefficient (Wildman–Crippen LogP) is -1.49. The molecule has 7 nitrogen and oxygen atoms in total. The van der Waals surface area contributed by atoms with Gasteiger partial charge in [0, 0.05) is 13.2 Å². The van der Waals surface area contributed by atoms with Crippen molar-refractivity contribution in [3.63, 3.8) is 0 Å². The van der Waals surface area contributed by atoms with E-state index in [0.717, 1.165) is 26.1 Å². The molecule has 1 aliphatic heterocycles. The number of carboxylic acid groups (broad SMARTS) is 2. The Morgan fingerprint density at radius 1 is 1.33 bits per heavy atom. The first kappa shape index (κ1) is 13.8. The Balaban J connectivity index is 0.000000288. The van der Waals surface area contributed by atoms with E-state index in [9.17, 15) is 0 Å². The number of ether oxygens (including phenoxy) is 1. The molecule has 0 spiro atoms. The molecule has 0 aromatic carbocycles. The number of aliphatic carboxylic acids is 2. The van der Waals surface area contributed by atoms with Gasteiger partial charge < -0.3 is 25.4 Å². The number of nitrogens with one attached hydrogen (secondary N) is 1. The second-order valence-electron chi connectivity index (χ2n) is 2.84. The average Bonchev–Trinajstić information content (AvgIpc) is 2.46. The van der Waals surface area contributed by atoms with Gasteiger partial charge in [-0.1, -0.05) is 0 Å². The maximum Gasteiger partial charge on any atom is 0.414 e. The van der Waals surface area contributed by atoms with Gasteiger partial charge in [-0.15, -0.1) is 0 Å². The number of carbonyl (C=O) groups is 2. The monoisotopic (exact) mass is 221 g/mol. The van der Waals surface area contributed by atoms with Crippen LogP contribution in [0.3, 0.4) is 0 Å². The second-order valence-corrected chi connectivity index (χ2v) is 2.84. The van der Waals surface area contributed by atoms with Gasteiger partial charge in [-0.2, -0.15) is 0 Å². The molecular formula is C8H15NO6. The first-order chi connectivity index (χ1) is 7.07. The summed E-state index contributed by atoms with van der Waals surface area (Å²) in [7, 11) is 0. The van der Waals surface area contributed by atoms with Gasteiger partial charge in [0.05, 0.1) is 12.7 Å². The molecule has 0 aliphatic carbocycles. The molecule has 0 amide bonds. The average molecular weight is 221 g/mol. The molecule has 1 aliphatic rings. The van der Waals surface area contributed by atoms with Crippen molar-refractivity contribution in [1.29, 1.82) is 0 Å². The summed E-state index contributed by atoms with van der Waals surface area (Å²) in [6.07, 6.45) is 1.07. The highest BCUT2D eigenvalue weighted by molar-refractivity contribution is 6.27. The minimum atomic E-state index is -1.82. The van der Waals surface area contributed by atoms with Crippen LogP contribution in [0.4, 0.5) is 0 Å². The Kier molecular flexibility index (Phi) is 7.51. The van der Waals surface area contributed by atoms with Gasteiger partial charge in [0.2, 0.25) is 0 Å². The third-order valence-corrected chi connectivity index (χ3v) is 1.61. The first-order valence-corrected chi connectivity index (χ1v) is 4.47. The van der Waals surface area contributed by atoms with Crippen molar-refractivity contribution >= 4 is 11.9 Å². The smallest absolute Gasteiger partial charge is 0.414 e. The lowest BCUT2D eigenvalue weighted by Gasteiger charge is -2.09. The number of hydrogen-bond donors (Lipinski definition) is 4. The third kappa shape index (κ3) is 7.86. The van der Waals surface area contributed by atoms with Crippen LogP contribution < -0.4 is 5.32 Å². The number of rotatable bonds is 1. The highest BCUT2D eigenvalue weighted by atomic mass is 16.5. The van der Waals surface area contributed by atoms with E-state index in [4.69, 9.17) is 29.6 Å². The Bertz CT molecular complexity index is 187. The number of aliphatic hydroxyl groups is 1. The molecule has 1 rings (SSSR count). The van der Waals surface area contributed by atoms with Crippen molar-refractivity contribution in [2.24, 2.45) is 0 Å². The molecule has 15 heavy (non-hydrogen) atoms. The first-order valence-electron chi connectivity index (χ1n) is 4.47. The molecule has 88 valence electrons. The van der Waals surface area contributed by atoms with Crippen LogP contribution in [0.25, 0.3) is 0 Å². The van der Waals surface area contributed by atoms with E-state index in [2.05, 4.69) is 5.32 Å². The van der Waals surface area contributed by atoms with Crippen LogP contribution >= 0.6 is 0 Å². The van der Waals surface area contributed by atoms with Crippen LogP contribution in [0.5, 0.6) is 0 Å². The van der Waals surface area contributed by atoms with Crippen LogP contribution in [-0.4, -0.2) is 59.7 Å². The van der Waals surface area contributed by atoms with Crippen molar-refractivity contribution < 1.29 is 29.6 Å². The summed E-state index contributed by atoms with van der Waals surface area (Å²) in [4.78, 5) is 18.2. The molecule has 0 radical (unpaired) electrons. The lowest BCUT2D eigenvalue weighted by molar-refractivity contribution is -0.159. The summed E-state index contributed by atoms with van der Waals surface area (Å²) in [5.74, 6) is -3.65. The largest absolute Gasteiger partial charge is 0.473 e. The fourth-order valence-corrected chi connectivity index (χ4v) is 0.886. The van der Waals surface area contributed by atoms with E-state index in [1.807, 2.05) is 0 Å². The lowest BCUT2D eigenvalue weighted by atomic mass is 10.4. The van der Waals surface area contributed by atoms with Gasteiger partial charge in [0.15, 0.2) is 0 Å². The van der Waals surface area contributed by atoms with Crippen molar-refractivity contribution in [2.45, 2.75) is 12.5 Å². The fourth-order valence-electron chi connectivity index (χ4n) is 0.886. The maximum atomic E-state index is 9.10. The molecule has 0 unspecified atom stereocenters. The molecule has 1 atom stereocenters. The quantitative estimate of drug-likeness (QED) is 0.399. The minimum Gasteiger partial charge on any atom is -0.473 e. The number of aliphatic hydroxyl groups excluding tert-OH is 1. The normalized spacial score (nSPS) is 20.7. The van der Waals surface area contributed by atoms with E-state index >= 15 is 0 Å². The fraction of sp³-hybridized carbons (Fsp3) is 0.750. The molecular weight excluding hydrogens is 206 g/mol. The Morgan fingerprint density at radius 3 is 2.40 bits per heavy atom. The van der Waals surface area contributed by atoms with Crippen LogP contribution in [-0.2, 0) is 14.3 Å². The molecule has 0 bridgehead atoms. The SMILES string of the molecule is O=C(O)C(=O)O.OC[C@@H]1CNCCCO1. The molecule has 1 saturated heterocycles. The summed E-state index contributed by atoms with van der Waals surface area (Å²) >= 11 is 0. The molecule has 4 N–H and O–H groups in total. The van der Waals surface area contributed by atoms with Gasteiger partial charge >= 0.3 is 11.9 Å². The van der Waals surface area contributed by atoms with Crippen molar-refractivity contribution in [3.8, 4) is 0 Å². The highest BCUT2D eigenvalue weighted by Gasteiger charge is 2.09. The Labute approximate surface area is 86.7 Å². The third-order valence-electron chi connectivity index (χ3n) is 1.61. The van der Waals surface area contributed by atoms with E-state index in [1.54, 1.807) is 0 Å². The van der Waals surface area contributed by atoms with E-state index < -0.39 is 11.9 Å². The van der Waals surface area contributed by atoms with Gasteiger partial charge in [0.1, 0.15) is 0 Å². The zero-order valence-electron chi connectivity index (χ0n) is 8.18. The standard InChI is InChI=1S/C6H13NO2.C2H2O4/c8-5-6-4-7-2-1-3-9-6;3-1(4)2(5)6/h6-8H,1-5H2;(H,3,4)(H,5,6)/t6-;/m0./s1. The van der Waals surface area contributed by atoms with Gasteiger partial charge in [-0.3, -0.25) is 0 Å². The van der Waals surface area contributed by atoms with Gasteiger partial charge in [-0.25, -0.2) is 9.59 Å². The summed E-state index contributed by atoms with van der Waals surface area (Å²) in [6, 6.07) is 0. The van der Waals surface area contributed by atoms with E-state index in [0.29, 0.717) is 0 Å². The van der Waals surface area contributed by atoms with E-state index in [-0.39, 0.29) is 12.7 Å². The van der Waals surface area contributed by atoms with Gasteiger partial charge in [-0.05, 0) is 13.0 Å². The predicted molar refractivity (Wildman–Crippen MR) is 49.6 cm³/mol. The summed E-state index contributed by atoms with van der Waals surface area (Å²) in [6.45, 7) is 2.71. The number of hydrogen-bond acceptors (Lipinski definition) is 5. The molecule has 1 heterocycles. The molecule has 0 aromatic heterocycles. The molecule has 1 fully saturated rings. The summed E-state index contributed by atoms with van der Waals surface area (Å²) in [5.41, 5.74) is 0. The van der Waals surface area contributed by atoms with Crippen LogP contribution in [0, 0.1) is 0 Å². The Morgan fingerprint density at radius 2 is 1.93 bits per heavy atom. The zero-order valence-corrected chi connectivity index (χ0v) is 8.18. The van der Waals surface area contributed by atoms with Crippen molar-refractivity contribution in [2.75, 3.05) is 26.3 Å². The minimum absolute atomic E-state index is 0.0208. The molecule has 0 aromatic rings. The summed E-state index contributed by atoms with van der Waals surface area (Å²) in [5, 5.41) is 26.6. The Hall–Kier alpha value is -1.18. The van der Waals surface area contributed by atoms with Crippen molar-refractivity contribution in [3.05, 3.63) is 0 Å². The topological polar surface area (TPSA) is 116 Å². The lowest BCUT2D eigenvalue weighted by Crippen LogP contribution is -2.28. The maximum absolute atomic E-state index is 9.10. The second kappa shape index (κ2) is 8.16.